The van der Waals surface area contributed by atoms with Crippen LogP contribution in [0.5, 0.6) is 0 Å². The molecule has 4 heteroatoms. The maximum absolute atomic E-state index is 11.7. The zero-order valence-electron chi connectivity index (χ0n) is 12.6. The molecule has 0 aromatic rings. The van der Waals surface area contributed by atoms with E-state index < -0.39 is 5.97 Å². The van der Waals surface area contributed by atoms with Crippen molar-refractivity contribution in [3.63, 3.8) is 0 Å². The molecule has 3 rings (SSSR count). The molecular formula is C16H28N2O2. The predicted octanol–water partition coefficient (Wildman–Crippen LogP) is 2.05. The minimum atomic E-state index is -0.565. The first-order valence-corrected chi connectivity index (χ1v) is 8.34. The van der Waals surface area contributed by atoms with E-state index in [4.69, 9.17) is 0 Å². The van der Waals surface area contributed by atoms with Gasteiger partial charge in [-0.05, 0) is 58.2 Å². The second-order valence-corrected chi connectivity index (χ2v) is 7.04. The fourth-order valence-corrected chi connectivity index (χ4v) is 4.80. The van der Waals surface area contributed by atoms with Crippen LogP contribution in [0.1, 0.15) is 44.9 Å². The van der Waals surface area contributed by atoms with Gasteiger partial charge in [0.05, 0.1) is 5.92 Å². The van der Waals surface area contributed by atoms with Crippen molar-refractivity contribution in [1.29, 1.82) is 0 Å². The standard InChI is InChI=1S/C16H28N2O2/c1-17-8-4-2-6-14(17)12-10-13(16(19)20)15-7-3-5-9-18(15)11-12/h12-15H,2-11H2,1H3,(H,19,20). The topological polar surface area (TPSA) is 43.8 Å². The molecule has 3 saturated heterocycles. The minimum Gasteiger partial charge on any atom is -0.481 e. The molecule has 0 aliphatic carbocycles. The van der Waals surface area contributed by atoms with Crippen LogP contribution < -0.4 is 0 Å². The van der Waals surface area contributed by atoms with E-state index in [1.54, 1.807) is 0 Å². The number of carboxylic acid groups (broad SMARTS) is 1. The lowest BCUT2D eigenvalue weighted by Crippen LogP contribution is -2.57. The number of rotatable bonds is 2. The second-order valence-electron chi connectivity index (χ2n) is 7.04. The third kappa shape index (κ3) is 2.73. The molecule has 0 saturated carbocycles. The van der Waals surface area contributed by atoms with Gasteiger partial charge in [-0.1, -0.05) is 12.8 Å². The number of fused-ring (bicyclic) bond motifs is 1. The van der Waals surface area contributed by atoms with Gasteiger partial charge in [0.25, 0.3) is 0 Å². The minimum absolute atomic E-state index is 0.135. The summed E-state index contributed by atoms with van der Waals surface area (Å²) in [4.78, 5) is 16.7. The molecule has 3 aliphatic rings. The number of carboxylic acids is 1. The van der Waals surface area contributed by atoms with Gasteiger partial charge in [-0.25, -0.2) is 0 Å². The van der Waals surface area contributed by atoms with Crippen LogP contribution in [0.15, 0.2) is 0 Å². The zero-order valence-corrected chi connectivity index (χ0v) is 12.6. The number of piperidine rings is 3. The van der Waals surface area contributed by atoms with E-state index in [-0.39, 0.29) is 5.92 Å². The largest absolute Gasteiger partial charge is 0.481 e. The molecule has 114 valence electrons. The van der Waals surface area contributed by atoms with Gasteiger partial charge >= 0.3 is 5.97 Å². The summed E-state index contributed by atoms with van der Waals surface area (Å²) in [5.74, 6) is -0.148. The van der Waals surface area contributed by atoms with Crippen molar-refractivity contribution in [2.75, 3.05) is 26.7 Å². The molecule has 1 N–H and O–H groups in total. The molecular weight excluding hydrogens is 252 g/mol. The molecule has 0 aromatic carbocycles. The summed E-state index contributed by atoms with van der Waals surface area (Å²) in [7, 11) is 2.22. The van der Waals surface area contributed by atoms with Crippen molar-refractivity contribution in [3.05, 3.63) is 0 Å². The lowest BCUT2D eigenvalue weighted by atomic mass is 9.75. The van der Waals surface area contributed by atoms with Crippen LogP contribution in [0.4, 0.5) is 0 Å². The van der Waals surface area contributed by atoms with E-state index in [0.717, 1.165) is 25.9 Å². The maximum Gasteiger partial charge on any atom is 0.308 e. The highest BCUT2D eigenvalue weighted by Crippen LogP contribution is 2.37. The Bertz CT molecular complexity index is 360. The van der Waals surface area contributed by atoms with Gasteiger partial charge in [0.15, 0.2) is 0 Å². The highest BCUT2D eigenvalue weighted by atomic mass is 16.4. The van der Waals surface area contributed by atoms with E-state index in [0.29, 0.717) is 18.0 Å². The summed E-state index contributed by atoms with van der Waals surface area (Å²) >= 11 is 0. The highest BCUT2D eigenvalue weighted by molar-refractivity contribution is 5.71. The van der Waals surface area contributed by atoms with E-state index in [1.165, 1.54) is 38.6 Å². The Morgan fingerprint density at radius 1 is 1.05 bits per heavy atom. The molecule has 0 amide bonds. The van der Waals surface area contributed by atoms with Gasteiger partial charge in [-0.2, -0.15) is 0 Å². The first-order chi connectivity index (χ1) is 9.66. The van der Waals surface area contributed by atoms with E-state index in [2.05, 4.69) is 16.8 Å². The number of carbonyl (C=O) groups is 1. The summed E-state index contributed by atoms with van der Waals surface area (Å²) in [6.45, 7) is 3.42. The van der Waals surface area contributed by atoms with Crippen molar-refractivity contribution in [3.8, 4) is 0 Å². The number of likely N-dealkylation sites (tertiary alicyclic amines) is 1. The van der Waals surface area contributed by atoms with Crippen molar-refractivity contribution >= 4 is 5.97 Å². The average Bonchev–Trinajstić information content (AvgIpc) is 2.46. The summed E-state index contributed by atoms with van der Waals surface area (Å²) in [6, 6.07) is 0.917. The third-order valence-corrected chi connectivity index (χ3v) is 5.84. The average molecular weight is 280 g/mol. The molecule has 4 nitrogen and oxygen atoms in total. The van der Waals surface area contributed by atoms with Crippen LogP contribution >= 0.6 is 0 Å². The van der Waals surface area contributed by atoms with Gasteiger partial charge < -0.3 is 10.0 Å². The van der Waals surface area contributed by atoms with Crippen LogP contribution in [0, 0.1) is 11.8 Å². The van der Waals surface area contributed by atoms with Crippen molar-refractivity contribution in [2.24, 2.45) is 11.8 Å². The summed E-state index contributed by atoms with van der Waals surface area (Å²) in [6.07, 6.45) is 8.30. The molecule has 0 aromatic heterocycles. The van der Waals surface area contributed by atoms with Gasteiger partial charge in [0.1, 0.15) is 0 Å². The summed E-state index contributed by atoms with van der Waals surface area (Å²) in [5, 5.41) is 9.62. The Kier molecular flexibility index (Phi) is 4.32. The number of hydrogen-bond acceptors (Lipinski definition) is 3. The molecule has 0 spiro atoms. The highest BCUT2D eigenvalue weighted by Gasteiger charge is 2.43. The van der Waals surface area contributed by atoms with Crippen LogP contribution in [0.2, 0.25) is 0 Å². The fourth-order valence-electron chi connectivity index (χ4n) is 4.80. The van der Waals surface area contributed by atoms with Crippen LogP contribution in [-0.2, 0) is 4.79 Å². The quantitative estimate of drug-likeness (QED) is 0.841. The van der Waals surface area contributed by atoms with Gasteiger partial charge in [-0.15, -0.1) is 0 Å². The first-order valence-electron chi connectivity index (χ1n) is 8.34. The van der Waals surface area contributed by atoms with E-state index in [9.17, 15) is 9.90 Å². The molecule has 3 fully saturated rings. The number of hydrogen-bond donors (Lipinski definition) is 1. The zero-order chi connectivity index (χ0) is 14.1. The lowest BCUT2D eigenvalue weighted by molar-refractivity contribution is -0.149. The molecule has 3 heterocycles. The Morgan fingerprint density at radius 2 is 1.75 bits per heavy atom. The van der Waals surface area contributed by atoms with Gasteiger partial charge in [0, 0.05) is 18.6 Å². The molecule has 20 heavy (non-hydrogen) atoms. The molecule has 4 unspecified atom stereocenters. The second kappa shape index (κ2) is 6.02. The number of nitrogens with zero attached hydrogens (tertiary/aromatic N) is 2. The summed E-state index contributed by atoms with van der Waals surface area (Å²) in [5.41, 5.74) is 0. The Labute approximate surface area is 122 Å². The third-order valence-electron chi connectivity index (χ3n) is 5.84. The van der Waals surface area contributed by atoms with Crippen LogP contribution in [0.3, 0.4) is 0 Å². The normalized spacial score (nSPS) is 40.2. The van der Waals surface area contributed by atoms with Crippen molar-refractivity contribution in [2.45, 2.75) is 57.0 Å². The molecule has 0 radical (unpaired) electrons. The predicted molar refractivity (Wildman–Crippen MR) is 78.7 cm³/mol. The number of aliphatic carboxylic acids is 1. The molecule has 4 atom stereocenters. The van der Waals surface area contributed by atoms with Gasteiger partial charge in [-0.3, -0.25) is 9.69 Å². The maximum atomic E-state index is 11.7. The summed E-state index contributed by atoms with van der Waals surface area (Å²) < 4.78 is 0. The van der Waals surface area contributed by atoms with E-state index in [1.807, 2.05) is 0 Å². The Morgan fingerprint density at radius 3 is 2.45 bits per heavy atom. The SMILES string of the molecule is CN1CCCCC1C1CC(C(=O)O)C2CCCCN2C1. The van der Waals surface area contributed by atoms with Crippen molar-refractivity contribution in [1.82, 2.24) is 9.80 Å². The lowest BCUT2D eigenvalue weighted by Gasteiger charge is -2.49. The molecule has 3 aliphatic heterocycles. The van der Waals surface area contributed by atoms with Crippen LogP contribution in [0.25, 0.3) is 0 Å². The smallest absolute Gasteiger partial charge is 0.308 e. The van der Waals surface area contributed by atoms with E-state index >= 15 is 0 Å². The fraction of sp³-hybridized carbons (Fsp3) is 0.938. The Balaban J connectivity index is 1.74. The molecule has 0 bridgehead atoms. The first kappa shape index (κ1) is 14.3. The van der Waals surface area contributed by atoms with Crippen LogP contribution in [-0.4, -0.2) is 59.6 Å². The Hall–Kier alpha value is -0.610. The van der Waals surface area contributed by atoms with Gasteiger partial charge in [0.2, 0.25) is 0 Å². The monoisotopic (exact) mass is 280 g/mol. The van der Waals surface area contributed by atoms with Crippen molar-refractivity contribution < 1.29 is 9.90 Å².